The molecule has 2 amide bonds. The van der Waals surface area contributed by atoms with Crippen molar-refractivity contribution in [2.24, 2.45) is 11.8 Å². The molecule has 1 aromatic rings. The average molecular weight is 316 g/mol. The normalized spacial score (nSPS) is 22.5. The van der Waals surface area contributed by atoms with Crippen molar-refractivity contribution in [1.29, 1.82) is 0 Å². The Kier molecular flexibility index (Phi) is 5.80. The van der Waals surface area contributed by atoms with Crippen LogP contribution in [0.1, 0.15) is 51.3 Å². The molecule has 1 N–H and O–H groups in total. The largest absolute Gasteiger partial charge is 0.341 e. The molecule has 0 bridgehead atoms. The first-order valence-corrected chi connectivity index (χ1v) is 8.59. The van der Waals surface area contributed by atoms with Gasteiger partial charge in [0.05, 0.1) is 6.04 Å². The lowest BCUT2D eigenvalue weighted by Crippen LogP contribution is -2.49. The second kappa shape index (κ2) is 7.62. The quantitative estimate of drug-likeness (QED) is 0.872. The number of benzene rings is 1. The second-order valence-electron chi connectivity index (χ2n) is 6.95. The number of hydrogen-bond donors (Lipinski definition) is 1. The third-order valence-corrected chi connectivity index (χ3v) is 4.59. The molecule has 0 spiro atoms. The van der Waals surface area contributed by atoms with Crippen molar-refractivity contribution in [2.75, 3.05) is 13.1 Å². The second-order valence-corrected chi connectivity index (χ2v) is 6.95. The fraction of sp³-hybridized carbons (Fsp3) is 0.579. The summed E-state index contributed by atoms with van der Waals surface area (Å²) in [4.78, 5) is 26.3. The molecule has 23 heavy (non-hydrogen) atoms. The van der Waals surface area contributed by atoms with Gasteiger partial charge in [0, 0.05) is 13.1 Å². The SMILES string of the molecule is CCc1ccc(C(C)NC(=O)C(=O)N2CC(C)CC(C)C2)cc1. The molecule has 3 atom stereocenters. The number of piperidine rings is 1. The van der Waals surface area contributed by atoms with Crippen LogP contribution in [0.2, 0.25) is 0 Å². The Morgan fingerprint density at radius 2 is 1.74 bits per heavy atom. The Balaban J connectivity index is 1.95. The minimum Gasteiger partial charge on any atom is -0.341 e. The molecule has 1 fully saturated rings. The van der Waals surface area contributed by atoms with Crippen molar-refractivity contribution in [3.63, 3.8) is 0 Å². The van der Waals surface area contributed by atoms with Crippen molar-refractivity contribution in [1.82, 2.24) is 10.2 Å². The molecule has 1 aromatic carbocycles. The van der Waals surface area contributed by atoms with Crippen molar-refractivity contribution in [2.45, 2.75) is 46.6 Å². The van der Waals surface area contributed by atoms with E-state index in [1.807, 2.05) is 19.1 Å². The number of nitrogens with zero attached hydrogens (tertiary/aromatic N) is 1. The first-order valence-electron chi connectivity index (χ1n) is 8.59. The van der Waals surface area contributed by atoms with Gasteiger partial charge in [-0.3, -0.25) is 9.59 Å². The van der Waals surface area contributed by atoms with Gasteiger partial charge in [0.15, 0.2) is 0 Å². The highest BCUT2D eigenvalue weighted by Crippen LogP contribution is 2.21. The summed E-state index contributed by atoms with van der Waals surface area (Å²) in [6.45, 7) is 9.64. The molecule has 1 heterocycles. The van der Waals surface area contributed by atoms with Crippen molar-refractivity contribution < 1.29 is 9.59 Å². The van der Waals surface area contributed by atoms with Crippen LogP contribution in [0.4, 0.5) is 0 Å². The summed E-state index contributed by atoms with van der Waals surface area (Å²) < 4.78 is 0. The van der Waals surface area contributed by atoms with Crippen LogP contribution in [0.25, 0.3) is 0 Å². The van der Waals surface area contributed by atoms with E-state index in [1.165, 1.54) is 5.56 Å². The van der Waals surface area contributed by atoms with Gasteiger partial charge >= 0.3 is 11.8 Å². The van der Waals surface area contributed by atoms with E-state index in [2.05, 4.69) is 38.2 Å². The van der Waals surface area contributed by atoms with Crippen LogP contribution in [0, 0.1) is 11.8 Å². The van der Waals surface area contributed by atoms with Gasteiger partial charge in [-0.2, -0.15) is 0 Å². The number of carbonyl (C=O) groups is 2. The maximum atomic E-state index is 12.4. The molecule has 1 aliphatic rings. The van der Waals surface area contributed by atoms with Gasteiger partial charge in [-0.25, -0.2) is 0 Å². The zero-order valence-electron chi connectivity index (χ0n) is 14.6. The van der Waals surface area contributed by atoms with Crippen LogP contribution in [-0.2, 0) is 16.0 Å². The molecule has 2 rings (SSSR count). The fourth-order valence-corrected chi connectivity index (χ4v) is 3.36. The molecule has 4 heteroatoms. The topological polar surface area (TPSA) is 49.4 Å². The fourth-order valence-electron chi connectivity index (χ4n) is 3.36. The Morgan fingerprint density at radius 3 is 2.26 bits per heavy atom. The van der Waals surface area contributed by atoms with Gasteiger partial charge in [-0.15, -0.1) is 0 Å². The summed E-state index contributed by atoms with van der Waals surface area (Å²) in [5.41, 5.74) is 2.28. The summed E-state index contributed by atoms with van der Waals surface area (Å²) in [5, 5.41) is 2.83. The Bertz CT molecular complexity index is 543. The number of rotatable bonds is 3. The Labute approximate surface area is 139 Å². The lowest BCUT2D eigenvalue weighted by atomic mass is 9.92. The molecule has 0 aromatic heterocycles. The summed E-state index contributed by atoms with van der Waals surface area (Å²) in [5.74, 6) is 0.00261. The first kappa shape index (κ1) is 17.5. The van der Waals surface area contributed by atoms with Crippen LogP contribution in [-0.4, -0.2) is 29.8 Å². The van der Waals surface area contributed by atoms with E-state index in [1.54, 1.807) is 4.90 Å². The van der Waals surface area contributed by atoms with Crippen molar-refractivity contribution in [3.05, 3.63) is 35.4 Å². The predicted molar refractivity (Wildman–Crippen MR) is 91.9 cm³/mol. The van der Waals surface area contributed by atoms with E-state index in [4.69, 9.17) is 0 Å². The van der Waals surface area contributed by atoms with E-state index < -0.39 is 11.8 Å². The van der Waals surface area contributed by atoms with E-state index >= 15 is 0 Å². The third kappa shape index (κ3) is 4.57. The number of carbonyl (C=O) groups excluding carboxylic acids is 2. The van der Waals surface area contributed by atoms with E-state index in [9.17, 15) is 9.59 Å². The molecular weight excluding hydrogens is 288 g/mol. The standard InChI is InChI=1S/C19H28N2O2/c1-5-16-6-8-17(9-7-16)15(4)20-18(22)19(23)21-11-13(2)10-14(3)12-21/h6-9,13-15H,5,10-12H2,1-4H3,(H,20,22). The number of aryl methyl sites for hydroxylation is 1. The van der Waals surface area contributed by atoms with Crippen molar-refractivity contribution in [3.8, 4) is 0 Å². The highest BCUT2D eigenvalue weighted by molar-refractivity contribution is 6.35. The molecule has 4 nitrogen and oxygen atoms in total. The van der Waals surface area contributed by atoms with Crippen LogP contribution in [0.3, 0.4) is 0 Å². The van der Waals surface area contributed by atoms with Gasteiger partial charge in [-0.05, 0) is 42.7 Å². The van der Waals surface area contributed by atoms with E-state index in [0.29, 0.717) is 24.9 Å². The van der Waals surface area contributed by atoms with Crippen LogP contribution >= 0.6 is 0 Å². The number of amides is 2. The van der Waals surface area contributed by atoms with Gasteiger partial charge < -0.3 is 10.2 Å². The van der Waals surface area contributed by atoms with Gasteiger partial charge in [0.1, 0.15) is 0 Å². The lowest BCUT2D eigenvalue weighted by molar-refractivity contribution is -0.147. The van der Waals surface area contributed by atoms with Crippen LogP contribution in [0.5, 0.6) is 0 Å². The number of likely N-dealkylation sites (tertiary alicyclic amines) is 1. The summed E-state index contributed by atoms with van der Waals surface area (Å²) >= 11 is 0. The van der Waals surface area contributed by atoms with Gasteiger partial charge in [0.2, 0.25) is 0 Å². The minimum atomic E-state index is -0.502. The van der Waals surface area contributed by atoms with E-state index in [0.717, 1.165) is 18.4 Å². The van der Waals surface area contributed by atoms with Crippen molar-refractivity contribution >= 4 is 11.8 Å². The Morgan fingerprint density at radius 1 is 1.17 bits per heavy atom. The molecule has 126 valence electrons. The smallest absolute Gasteiger partial charge is 0.311 e. The minimum absolute atomic E-state index is 0.169. The lowest BCUT2D eigenvalue weighted by Gasteiger charge is -2.34. The monoisotopic (exact) mass is 316 g/mol. The molecule has 1 saturated heterocycles. The maximum Gasteiger partial charge on any atom is 0.311 e. The molecule has 0 radical (unpaired) electrons. The van der Waals surface area contributed by atoms with Crippen LogP contribution < -0.4 is 5.32 Å². The summed E-state index contributed by atoms with van der Waals surface area (Å²) in [6.07, 6.45) is 2.11. The Hall–Kier alpha value is -1.84. The molecular formula is C19H28N2O2. The first-order chi connectivity index (χ1) is 10.9. The molecule has 1 aliphatic heterocycles. The summed E-state index contributed by atoms with van der Waals surface area (Å²) in [7, 11) is 0. The van der Waals surface area contributed by atoms with E-state index in [-0.39, 0.29) is 6.04 Å². The summed E-state index contributed by atoms with van der Waals surface area (Å²) in [6, 6.07) is 7.98. The zero-order chi connectivity index (χ0) is 17.0. The highest BCUT2D eigenvalue weighted by Gasteiger charge is 2.29. The number of hydrogen-bond acceptors (Lipinski definition) is 2. The maximum absolute atomic E-state index is 12.4. The molecule has 0 saturated carbocycles. The predicted octanol–water partition coefficient (Wildman–Crippen LogP) is 2.93. The average Bonchev–Trinajstić information content (AvgIpc) is 2.53. The van der Waals surface area contributed by atoms with Crippen LogP contribution in [0.15, 0.2) is 24.3 Å². The van der Waals surface area contributed by atoms with Gasteiger partial charge in [-0.1, -0.05) is 45.0 Å². The molecule has 0 aliphatic carbocycles. The van der Waals surface area contributed by atoms with Gasteiger partial charge in [0.25, 0.3) is 0 Å². The zero-order valence-corrected chi connectivity index (χ0v) is 14.6. The molecule has 3 unspecified atom stereocenters. The highest BCUT2D eigenvalue weighted by atomic mass is 16.2. The number of nitrogens with one attached hydrogen (secondary N) is 1. The third-order valence-electron chi connectivity index (χ3n) is 4.59.